The standard InChI is InChI=1S/C29H33FO2/c1-4-6-7-10-22-13-15-23(16-14-22)26-11-8-9-12-27(26)24-17-19-25(20-18-24)32-28(31)29(3,30)21-5-2/h8-9,11-20H,4-7,10,21H2,1-3H3. The molecule has 1 unspecified atom stereocenters. The molecule has 0 heterocycles. The number of rotatable bonds is 10. The molecule has 0 aromatic heterocycles. The van der Waals surface area contributed by atoms with Gasteiger partial charge in [0, 0.05) is 0 Å². The van der Waals surface area contributed by atoms with E-state index in [2.05, 4.69) is 43.3 Å². The number of esters is 1. The smallest absolute Gasteiger partial charge is 0.348 e. The fourth-order valence-corrected chi connectivity index (χ4v) is 3.90. The van der Waals surface area contributed by atoms with E-state index in [9.17, 15) is 9.18 Å². The van der Waals surface area contributed by atoms with Gasteiger partial charge in [-0.1, -0.05) is 93.8 Å². The quantitative estimate of drug-likeness (QED) is 0.183. The highest BCUT2D eigenvalue weighted by atomic mass is 19.1. The minimum atomic E-state index is -1.97. The predicted molar refractivity (Wildman–Crippen MR) is 131 cm³/mol. The average Bonchev–Trinajstić information content (AvgIpc) is 2.80. The Hall–Kier alpha value is -2.94. The number of carbonyl (C=O) groups is 1. The van der Waals surface area contributed by atoms with Crippen molar-refractivity contribution in [3.8, 4) is 28.0 Å². The van der Waals surface area contributed by atoms with Gasteiger partial charge >= 0.3 is 5.97 Å². The first-order valence-corrected chi connectivity index (χ1v) is 11.6. The molecule has 32 heavy (non-hydrogen) atoms. The predicted octanol–water partition coefficient (Wildman–Crippen LogP) is 8.19. The Morgan fingerprint density at radius 2 is 1.38 bits per heavy atom. The fraction of sp³-hybridized carbons (Fsp3) is 0.345. The van der Waals surface area contributed by atoms with Crippen molar-refractivity contribution in [2.24, 2.45) is 0 Å². The first-order valence-electron chi connectivity index (χ1n) is 11.6. The highest BCUT2D eigenvalue weighted by molar-refractivity contribution is 5.84. The van der Waals surface area contributed by atoms with E-state index >= 15 is 0 Å². The molecule has 0 aliphatic carbocycles. The van der Waals surface area contributed by atoms with E-state index in [1.165, 1.54) is 37.3 Å². The maximum absolute atomic E-state index is 14.4. The van der Waals surface area contributed by atoms with Crippen LogP contribution >= 0.6 is 0 Å². The number of unbranched alkanes of at least 4 members (excludes halogenated alkanes) is 2. The summed E-state index contributed by atoms with van der Waals surface area (Å²) in [5.41, 5.74) is 3.84. The maximum atomic E-state index is 14.4. The van der Waals surface area contributed by atoms with Crippen molar-refractivity contribution in [1.29, 1.82) is 0 Å². The molecular weight excluding hydrogens is 399 g/mol. The highest BCUT2D eigenvalue weighted by Crippen LogP contribution is 2.33. The Morgan fingerprint density at radius 3 is 1.91 bits per heavy atom. The molecule has 0 radical (unpaired) electrons. The van der Waals surface area contributed by atoms with Gasteiger partial charge in [-0.2, -0.15) is 0 Å². The average molecular weight is 433 g/mol. The maximum Gasteiger partial charge on any atom is 0.348 e. The van der Waals surface area contributed by atoms with Gasteiger partial charge in [0.2, 0.25) is 5.67 Å². The van der Waals surface area contributed by atoms with Crippen LogP contribution in [0.1, 0.15) is 58.4 Å². The van der Waals surface area contributed by atoms with Gasteiger partial charge in [-0.3, -0.25) is 0 Å². The molecule has 0 saturated heterocycles. The van der Waals surface area contributed by atoms with Crippen LogP contribution in [0, 0.1) is 0 Å². The molecule has 168 valence electrons. The van der Waals surface area contributed by atoms with Crippen LogP contribution < -0.4 is 4.74 Å². The van der Waals surface area contributed by atoms with Crippen molar-refractivity contribution >= 4 is 5.97 Å². The molecule has 0 spiro atoms. The number of halogens is 1. The number of alkyl halides is 1. The minimum Gasteiger partial charge on any atom is -0.424 e. The third-order valence-corrected chi connectivity index (χ3v) is 5.78. The van der Waals surface area contributed by atoms with Crippen LogP contribution in [0.3, 0.4) is 0 Å². The van der Waals surface area contributed by atoms with Crippen molar-refractivity contribution in [1.82, 2.24) is 0 Å². The van der Waals surface area contributed by atoms with E-state index in [-0.39, 0.29) is 6.42 Å². The molecular formula is C29H33FO2. The first kappa shape index (κ1) is 23.7. The summed E-state index contributed by atoms with van der Waals surface area (Å²) in [5, 5.41) is 0. The molecule has 0 saturated carbocycles. The Kier molecular flexibility index (Phi) is 8.21. The highest BCUT2D eigenvalue weighted by Gasteiger charge is 2.34. The molecule has 3 rings (SSSR count). The summed E-state index contributed by atoms with van der Waals surface area (Å²) in [7, 11) is 0. The number of benzene rings is 3. The van der Waals surface area contributed by atoms with Gasteiger partial charge in [0.1, 0.15) is 5.75 Å². The second kappa shape index (κ2) is 11.1. The molecule has 3 aromatic rings. The number of carbonyl (C=O) groups excluding carboxylic acids is 1. The topological polar surface area (TPSA) is 26.3 Å². The van der Waals surface area contributed by atoms with Gasteiger partial charge in [-0.05, 0) is 66.1 Å². The van der Waals surface area contributed by atoms with Gasteiger partial charge in [-0.25, -0.2) is 9.18 Å². The van der Waals surface area contributed by atoms with Crippen LogP contribution in [-0.4, -0.2) is 11.6 Å². The molecule has 0 bridgehead atoms. The summed E-state index contributed by atoms with van der Waals surface area (Å²) in [6.07, 6.45) is 5.57. The molecule has 0 N–H and O–H groups in total. The van der Waals surface area contributed by atoms with E-state index in [0.717, 1.165) is 23.1 Å². The molecule has 1 atom stereocenters. The van der Waals surface area contributed by atoms with Crippen LogP contribution in [0.4, 0.5) is 4.39 Å². The largest absolute Gasteiger partial charge is 0.424 e. The van der Waals surface area contributed by atoms with E-state index in [1.54, 1.807) is 12.1 Å². The third kappa shape index (κ3) is 6.06. The van der Waals surface area contributed by atoms with E-state index in [0.29, 0.717) is 12.2 Å². The van der Waals surface area contributed by atoms with Crippen LogP contribution in [0.2, 0.25) is 0 Å². The van der Waals surface area contributed by atoms with E-state index < -0.39 is 11.6 Å². The van der Waals surface area contributed by atoms with Crippen molar-refractivity contribution in [2.45, 2.75) is 65.0 Å². The summed E-state index contributed by atoms with van der Waals surface area (Å²) < 4.78 is 19.7. The van der Waals surface area contributed by atoms with Crippen LogP contribution in [0.25, 0.3) is 22.3 Å². The van der Waals surface area contributed by atoms with Crippen molar-refractivity contribution < 1.29 is 13.9 Å². The van der Waals surface area contributed by atoms with Crippen LogP contribution in [0.15, 0.2) is 72.8 Å². The Balaban J connectivity index is 1.78. The first-order chi connectivity index (χ1) is 15.4. The van der Waals surface area contributed by atoms with Gasteiger partial charge in [0.25, 0.3) is 0 Å². The van der Waals surface area contributed by atoms with Gasteiger partial charge in [0.15, 0.2) is 0 Å². The second-order valence-electron chi connectivity index (χ2n) is 8.56. The third-order valence-electron chi connectivity index (χ3n) is 5.78. The molecule has 0 fully saturated rings. The number of hydrogen-bond donors (Lipinski definition) is 0. The van der Waals surface area contributed by atoms with Crippen molar-refractivity contribution in [3.05, 3.63) is 78.4 Å². The van der Waals surface area contributed by atoms with Gasteiger partial charge < -0.3 is 4.74 Å². The van der Waals surface area contributed by atoms with E-state index in [4.69, 9.17) is 4.74 Å². The monoisotopic (exact) mass is 432 g/mol. The summed E-state index contributed by atoms with van der Waals surface area (Å²) in [6.45, 7) is 5.34. The second-order valence-corrected chi connectivity index (χ2v) is 8.56. The lowest BCUT2D eigenvalue weighted by Gasteiger charge is -2.17. The van der Waals surface area contributed by atoms with E-state index in [1.807, 2.05) is 31.2 Å². The van der Waals surface area contributed by atoms with Crippen LogP contribution in [0.5, 0.6) is 5.75 Å². The van der Waals surface area contributed by atoms with Gasteiger partial charge in [0.05, 0.1) is 0 Å². The zero-order valence-electron chi connectivity index (χ0n) is 19.4. The fourth-order valence-electron chi connectivity index (χ4n) is 3.90. The molecule has 0 aliphatic heterocycles. The molecule has 2 nitrogen and oxygen atoms in total. The lowest BCUT2D eigenvalue weighted by molar-refractivity contribution is -0.147. The zero-order chi connectivity index (χ0) is 23.0. The van der Waals surface area contributed by atoms with Crippen LogP contribution in [-0.2, 0) is 11.2 Å². The Morgan fingerprint density at radius 1 is 0.812 bits per heavy atom. The van der Waals surface area contributed by atoms with Crippen molar-refractivity contribution in [2.75, 3.05) is 0 Å². The normalized spacial score (nSPS) is 12.9. The summed E-state index contributed by atoms with van der Waals surface area (Å²) >= 11 is 0. The molecule has 3 heteroatoms. The zero-order valence-corrected chi connectivity index (χ0v) is 19.4. The molecule has 0 aliphatic rings. The SMILES string of the molecule is CCCCCc1ccc(-c2ccccc2-c2ccc(OC(=O)C(C)(F)CCC)cc2)cc1. The molecule has 0 amide bonds. The minimum absolute atomic E-state index is 0.148. The summed E-state index contributed by atoms with van der Waals surface area (Å²) in [6, 6.07) is 24.4. The lowest BCUT2D eigenvalue weighted by atomic mass is 9.93. The van der Waals surface area contributed by atoms with Gasteiger partial charge in [-0.15, -0.1) is 0 Å². The summed E-state index contributed by atoms with van der Waals surface area (Å²) in [5.74, 6) is -0.487. The van der Waals surface area contributed by atoms with Crippen molar-refractivity contribution in [3.63, 3.8) is 0 Å². The summed E-state index contributed by atoms with van der Waals surface area (Å²) in [4.78, 5) is 12.1. The number of hydrogen-bond acceptors (Lipinski definition) is 2. The number of aryl methyl sites for hydroxylation is 1. The number of ether oxygens (including phenoxy) is 1. The Bertz CT molecular complexity index is 1000. The lowest BCUT2D eigenvalue weighted by Crippen LogP contribution is -2.34. The Labute approximate surface area is 191 Å². The molecule has 3 aromatic carbocycles.